The van der Waals surface area contributed by atoms with Gasteiger partial charge in [0.15, 0.2) is 24.0 Å². The van der Waals surface area contributed by atoms with Gasteiger partial charge in [0.05, 0.1) is 17.6 Å². The number of carbonyl (C=O) groups excluding carboxylic acids is 2. The topological polar surface area (TPSA) is 90.0 Å². The van der Waals surface area contributed by atoms with Gasteiger partial charge in [-0.2, -0.15) is 4.31 Å². The Balaban J connectivity index is 1.75. The summed E-state index contributed by atoms with van der Waals surface area (Å²) in [5.41, 5.74) is -0.132. The lowest BCUT2D eigenvalue weighted by molar-refractivity contribution is 0.0470. The highest BCUT2D eigenvalue weighted by Gasteiger charge is 2.30. The lowest BCUT2D eigenvalue weighted by Crippen LogP contribution is -2.36. The van der Waals surface area contributed by atoms with Gasteiger partial charge in [0.1, 0.15) is 0 Å². The first-order valence-corrected chi connectivity index (χ1v) is 10.9. The SMILES string of the molecule is COc1ccc(C(=O)COC(=O)c2ccccc2S(=O)(=O)N2CCCCC2)cc1F. The van der Waals surface area contributed by atoms with E-state index in [1.807, 2.05) is 0 Å². The summed E-state index contributed by atoms with van der Waals surface area (Å²) in [4.78, 5) is 24.6. The monoisotopic (exact) mass is 435 g/mol. The van der Waals surface area contributed by atoms with Gasteiger partial charge < -0.3 is 9.47 Å². The van der Waals surface area contributed by atoms with E-state index >= 15 is 0 Å². The third-order valence-electron chi connectivity index (χ3n) is 4.85. The average molecular weight is 435 g/mol. The van der Waals surface area contributed by atoms with E-state index in [9.17, 15) is 22.4 Å². The van der Waals surface area contributed by atoms with E-state index in [2.05, 4.69) is 0 Å². The Morgan fingerprint density at radius 3 is 2.43 bits per heavy atom. The van der Waals surface area contributed by atoms with Gasteiger partial charge in [-0.05, 0) is 43.2 Å². The minimum atomic E-state index is -3.86. The zero-order chi connectivity index (χ0) is 21.7. The molecule has 2 aromatic carbocycles. The Hall–Kier alpha value is -2.78. The molecule has 2 aromatic rings. The van der Waals surface area contributed by atoms with Crippen LogP contribution in [-0.4, -0.2) is 51.3 Å². The van der Waals surface area contributed by atoms with E-state index in [0.717, 1.165) is 25.3 Å². The summed E-state index contributed by atoms with van der Waals surface area (Å²) in [7, 11) is -2.56. The van der Waals surface area contributed by atoms with Crippen molar-refractivity contribution in [2.45, 2.75) is 24.2 Å². The Morgan fingerprint density at radius 1 is 1.07 bits per heavy atom. The Kier molecular flexibility index (Phi) is 6.84. The lowest BCUT2D eigenvalue weighted by Gasteiger charge is -2.26. The van der Waals surface area contributed by atoms with Crippen molar-refractivity contribution in [3.05, 3.63) is 59.4 Å². The first kappa shape index (κ1) is 21.9. The molecule has 0 atom stereocenters. The molecule has 30 heavy (non-hydrogen) atoms. The van der Waals surface area contributed by atoms with Crippen LogP contribution >= 0.6 is 0 Å². The number of hydrogen-bond acceptors (Lipinski definition) is 6. The molecule has 160 valence electrons. The number of Topliss-reactive ketones (excluding diaryl/α,β-unsaturated/α-hetero) is 1. The molecule has 0 bridgehead atoms. The number of ketones is 1. The maximum atomic E-state index is 13.8. The third kappa shape index (κ3) is 4.68. The molecule has 9 heteroatoms. The number of rotatable bonds is 7. The highest BCUT2D eigenvalue weighted by atomic mass is 32.2. The molecule has 1 aliphatic heterocycles. The van der Waals surface area contributed by atoms with E-state index in [1.54, 1.807) is 0 Å². The molecule has 0 unspecified atom stereocenters. The Morgan fingerprint density at radius 2 is 1.77 bits per heavy atom. The lowest BCUT2D eigenvalue weighted by atomic mass is 10.1. The number of carbonyl (C=O) groups is 2. The van der Waals surface area contributed by atoms with E-state index in [1.165, 1.54) is 47.8 Å². The van der Waals surface area contributed by atoms with Crippen molar-refractivity contribution < 1.29 is 31.9 Å². The Bertz CT molecular complexity index is 1050. The standard InChI is InChI=1S/C21H22FNO6S/c1-28-19-10-9-15(13-17(19)22)18(24)14-29-21(25)16-7-3-4-8-20(16)30(26,27)23-11-5-2-6-12-23/h3-4,7-10,13H,2,5-6,11-12,14H2,1H3. The van der Waals surface area contributed by atoms with Crippen LogP contribution in [0.1, 0.15) is 40.0 Å². The largest absolute Gasteiger partial charge is 0.494 e. The first-order chi connectivity index (χ1) is 14.3. The number of hydrogen-bond donors (Lipinski definition) is 0. The molecule has 0 aromatic heterocycles. The fraction of sp³-hybridized carbons (Fsp3) is 0.333. The maximum absolute atomic E-state index is 13.8. The van der Waals surface area contributed by atoms with Crippen molar-refractivity contribution in [3.63, 3.8) is 0 Å². The van der Waals surface area contributed by atoms with Crippen molar-refractivity contribution in [2.24, 2.45) is 0 Å². The number of esters is 1. The number of halogens is 1. The van der Waals surface area contributed by atoms with E-state index in [0.29, 0.717) is 13.1 Å². The summed E-state index contributed by atoms with van der Waals surface area (Å²) in [6.07, 6.45) is 2.49. The predicted octanol–water partition coefficient (Wildman–Crippen LogP) is 3.05. The summed E-state index contributed by atoms with van der Waals surface area (Å²) in [6.45, 7) is 0.142. The van der Waals surface area contributed by atoms with Crippen LogP contribution in [0.4, 0.5) is 4.39 Å². The minimum Gasteiger partial charge on any atom is -0.494 e. The van der Waals surface area contributed by atoms with E-state index in [4.69, 9.17) is 9.47 Å². The van der Waals surface area contributed by atoms with Crippen molar-refractivity contribution >= 4 is 21.8 Å². The highest BCUT2D eigenvalue weighted by Crippen LogP contribution is 2.24. The number of sulfonamides is 1. The summed E-state index contributed by atoms with van der Waals surface area (Å²) >= 11 is 0. The van der Waals surface area contributed by atoms with Gasteiger partial charge in [-0.1, -0.05) is 18.6 Å². The van der Waals surface area contributed by atoms with Crippen LogP contribution in [0.3, 0.4) is 0 Å². The van der Waals surface area contributed by atoms with Crippen molar-refractivity contribution in [1.29, 1.82) is 0 Å². The molecule has 0 saturated carbocycles. The van der Waals surface area contributed by atoms with Crippen LogP contribution in [0.5, 0.6) is 5.75 Å². The van der Waals surface area contributed by atoms with Crippen molar-refractivity contribution in [3.8, 4) is 5.75 Å². The van der Waals surface area contributed by atoms with Gasteiger partial charge in [0.25, 0.3) is 0 Å². The van der Waals surface area contributed by atoms with E-state index in [-0.39, 0.29) is 21.8 Å². The highest BCUT2D eigenvalue weighted by molar-refractivity contribution is 7.89. The second kappa shape index (κ2) is 9.36. The molecule has 1 heterocycles. The molecule has 1 saturated heterocycles. The second-order valence-electron chi connectivity index (χ2n) is 6.81. The number of methoxy groups -OCH3 is 1. The third-order valence-corrected chi connectivity index (χ3v) is 6.80. The molecule has 0 N–H and O–H groups in total. The predicted molar refractivity (Wildman–Crippen MR) is 107 cm³/mol. The van der Waals surface area contributed by atoms with Gasteiger partial charge in [0.2, 0.25) is 10.0 Å². The fourth-order valence-corrected chi connectivity index (χ4v) is 4.93. The quantitative estimate of drug-likeness (QED) is 0.491. The molecular formula is C21H22FNO6S. The molecule has 0 amide bonds. The first-order valence-electron chi connectivity index (χ1n) is 9.47. The minimum absolute atomic E-state index is 0.00956. The van der Waals surface area contributed by atoms with Crippen molar-refractivity contribution in [2.75, 3.05) is 26.8 Å². The van der Waals surface area contributed by atoms with Gasteiger partial charge in [-0.3, -0.25) is 4.79 Å². The van der Waals surface area contributed by atoms with Crippen molar-refractivity contribution in [1.82, 2.24) is 4.31 Å². The van der Waals surface area contributed by atoms with Gasteiger partial charge in [0, 0.05) is 18.7 Å². The zero-order valence-corrected chi connectivity index (χ0v) is 17.3. The van der Waals surface area contributed by atoms with Gasteiger partial charge in [-0.15, -0.1) is 0 Å². The normalized spacial score (nSPS) is 14.9. The summed E-state index contributed by atoms with van der Waals surface area (Å²) in [6, 6.07) is 9.38. The maximum Gasteiger partial charge on any atom is 0.339 e. The zero-order valence-electron chi connectivity index (χ0n) is 16.5. The smallest absolute Gasteiger partial charge is 0.339 e. The molecule has 3 rings (SSSR count). The fourth-order valence-electron chi connectivity index (χ4n) is 3.24. The molecule has 7 nitrogen and oxygen atoms in total. The average Bonchev–Trinajstić information content (AvgIpc) is 2.77. The number of benzene rings is 2. The number of nitrogens with zero attached hydrogens (tertiary/aromatic N) is 1. The summed E-state index contributed by atoms with van der Waals surface area (Å²) in [5.74, 6) is -2.29. The van der Waals surface area contributed by atoms with Gasteiger partial charge in [-0.25, -0.2) is 17.6 Å². The van der Waals surface area contributed by atoms with Crippen LogP contribution in [0.15, 0.2) is 47.4 Å². The summed E-state index contributed by atoms with van der Waals surface area (Å²) < 4.78 is 50.9. The van der Waals surface area contributed by atoms with Crippen LogP contribution in [0, 0.1) is 5.82 Å². The molecule has 0 spiro atoms. The molecular weight excluding hydrogens is 413 g/mol. The van der Waals surface area contributed by atoms with Crippen LogP contribution in [0.25, 0.3) is 0 Å². The molecule has 1 aliphatic rings. The number of ether oxygens (including phenoxy) is 2. The second-order valence-corrected chi connectivity index (χ2v) is 8.72. The Labute approximate surface area is 174 Å². The van der Waals surface area contributed by atoms with Gasteiger partial charge >= 0.3 is 5.97 Å². The van der Waals surface area contributed by atoms with E-state index < -0.39 is 34.2 Å². The molecule has 1 fully saturated rings. The van der Waals surface area contributed by atoms with Crippen LogP contribution in [0.2, 0.25) is 0 Å². The summed E-state index contributed by atoms with van der Waals surface area (Å²) in [5, 5.41) is 0. The molecule has 0 aliphatic carbocycles. The molecule has 0 radical (unpaired) electrons. The number of piperidine rings is 1. The van der Waals surface area contributed by atoms with Crippen LogP contribution in [-0.2, 0) is 14.8 Å². The van der Waals surface area contributed by atoms with Crippen LogP contribution < -0.4 is 4.74 Å².